The number of anilines is 1. The highest BCUT2D eigenvalue weighted by atomic mass is 16.3. The normalized spacial score (nSPS) is 15.0. The van der Waals surface area contributed by atoms with Crippen LogP contribution in [-0.4, -0.2) is 40.6 Å². The fourth-order valence-electron chi connectivity index (χ4n) is 2.29. The van der Waals surface area contributed by atoms with Gasteiger partial charge in [-0.25, -0.2) is 4.79 Å². The summed E-state index contributed by atoms with van der Waals surface area (Å²) >= 11 is 0. The summed E-state index contributed by atoms with van der Waals surface area (Å²) in [5.41, 5.74) is 1.04. The Bertz CT molecular complexity index is 540. The molecule has 0 unspecified atom stereocenters. The zero-order valence-corrected chi connectivity index (χ0v) is 13.1. The van der Waals surface area contributed by atoms with Crippen molar-refractivity contribution in [2.75, 3.05) is 18.5 Å². The van der Waals surface area contributed by atoms with E-state index in [1.54, 1.807) is 26.0 Å². The number of carbonyl (C=O) groups excluding carboxylic acids is 2. The molecule has 1 aliphatic heterocycles. The summed E-state index contributed by atoms with van der Waals surface area (Å²) in [6.45, 7) is 4.77. The molecule has 120 valence electrons. The smallest absolute Gasteiger partial charge is 0.319 e. The maximum Gasteiger partial charge on any atom is 0.319 e. The van der Waals surface area contributed by atoms with Crippen LogP contribution in [0.3, 0.4) is 0 Å². The van der Waals surface area contributed by atoms with Crippen molar-refractivity contribution < 1.29 is 14.7 Å². The number of hydrogen-bond acceptors (Lipinski definition) is 3. The van der Waals surface area contributed by atoms with Crippen molar-refractivity contribution in [3.05, 3.63) is 29.8 Å². The fourth-order valence-corrected chi connectivity index (χ4v) is 2.29. The van der Waals surface area contributed by atoms with Gasteiger partial charge in [0.2, 0.25) is 5.91 Å². The van der Waals surface area contributed by atoms with Crippen LogP contribution in [0.4, 0.5) is 10.5 Å². The first-order valence-corrected chi connectivity index (χ1v) is 7.46. The Balaban J connectivity index is 1.89. The third kappa shape index (κ3) is 4.46. The van der Waals surface area contributed by atoms with E-state index in [0.29, 0.717) is 18.7 Å². The Morgan fingerprint density at radius 2 is 2.00 bits per heavy atom. The summed E-state index contributed by atoms with van der Waals surface area (Å²) in [6.07, 6.45) is 1.57. The number of nitrogens with zero attached hydrogens (tertiary/aromatic N) is 1. The van der Waals surface area contributed by atoms with Crippen LogP contribution < -0.4 is 10.6 Å². The lowest BCUT2D eigenvalue weighted by atomic mass is 10.1. The van der Waals surface area contributed by atoms with E-state index in [1.807, 2.05) is 17.0 Å². The maximum atomic E-state index is 11.8. The van der Waals surface area contributed by atoms with E-state index in [1.165, 1.54) is 0 Å². The van der Waals surface area contributed by atoms with Gasteiger partial charge in [0.05, 0.1) is 12.1 Å². The largest absolute Gasteiger partial charge is 0.394 e. The van der Waals surface area contributed by atoms with Gasteiger partial charge in [0.1, 0.15) is 0 Å². The molecule has 22 heavy (non-hydrogen) atoms. The van der Waals surface area contributed by atoms with E-state index in [9.17, 15) is 9.59 Å². The molecule has 1 fully saturated rings. The molecule has 0 aromatic heterocycles. The Morgan fingerprint density at radius 1 is 1.32 bits per heavy atom. The van der Waals surface area contributed by atoms with Crippen molar-refractivity contribution >= 4 is 17.6 Å². The molecule has 1 aromatic carbocycles. The minimum atomic E-state index is -0.667. The van der Waals surface area contributed by atoms with Gasteiger partial charge in [0, 0.05) is 25.2 Å². The molecule has 0 saturated carbocycles. The lowest BCUT2D eigenvalue weighted by molar-refractivity contribution is -0.128. The van der Waals surface area contributed by atoms with Crippen molar-refractivity contribution in [3.63, 3.8) is 0 Å². The van der Waals surface area contributed by atoms with Gasteiger partial charge < -0.3 is 20.6 Å². The average Bonchev–Trinajstić information content (AvgIpc) is 2.86. The summed E-state index contributed by atoms with van der Waals surface area (Å²) in [4.78, 5) is 25.2. The zero-order valence-electron chi connectivity index (χ0n) is 13.1. The van der Waals surface area contributed by atoms with Gasteiger partial charge in [-0.05, 0) is 38.0 Å². The first kappa shape index (κ1) is 16.3. The van der Waals surface area contributed by atoms with E-state index < -0.39 is 5.54 Å². The lowest BCUT2D eigenvalue weighted by Crippen LogP contribution is -2.48. The summed E-state index contributed by atoms with van der Waals surface area (Å²) in [6, 6.07) is 7.06. The molecule has 1 aliphatic rings. The predicted octanol–water partition coefficient (Wildman–Crippen LogP) is 1.70. The minimum Gasteiger partial charge on any atom is -0.394 e. The van der Waals surface area contributed by atoms with Gasteiger partial charge in [0.25, 0.3) is 0 Å². The Hall–Kier alpha value is -2.08. The minimum absolute atomic E-state index is 0.136. The molecule has 3 N–H and O–H groups in total. The van der Waals surface area contributed by atoms with Crippen LogP contribution in [0, 0.1) is 0 Å². The predicted molar refractivity (Wildman–Crippen MR) is 84.4 cm³/mol. The van der Waals surface area contributed by atoms with Gasteiger partial charge in [-0.2, -0.15) is 0 Å². The molecule has 0 aliphatic carbocycles. The first-order chi connectivity index (χ1) is 10.4. The summed E-state index contributed by atoms with van der Waals surface area (Å²) < 4.78 is 0. The number of urea groups is 1. The first-order valence-electron chi connectivity index (χ1n) is 7.46. The third-order valence-corrected chi connectivity index (χ3v) is 3.60. The molecule has 1 aromatic rings. The molecule has 0 radical (unpaired) electrons. The maximum absolute atomic E-state index is 11.8. The lowest BCUT2D eigenvalue weighted by Gasteiger charge is -2.23. The number of carbonyl (C=O) groups is 2. The van der Waals surface area contributed by atoms with Gasteiger partial charge in [-0.3, -0.25) is 4.79 Å². The fraction of sp³-hybridized carbons (Fsp3) is 0.500. The molecule has 6 heteroatoms. The Morgan fingerprint density at radius 3 is 2.55 bits per heavy atom. The van der Waals surface area contributed by atoms with E-state index in [-0.39, 0.29) is 18.5 Å². The molecule has 0 spiro atoms. The zero-order chi connectivity index (χ0) is 16.2. The van der Waals surface area contributed by atoms with Crippen LogP contribution >= 0.6 is 0 Å². The molecular weight excluding hydrogens is 282 g/mol. The number of hydrogen-bond donors (Lipinski definition) is 3. The summed E-state index contributed by atoms with van der Waals surface area (Å²) in [7, 11) is 0. The highest BCUT2D eigenvalue weighted by Crippen LogP contribution is 2.16. The highest BCUT2D eigenvalue weighted by molar-refractivity contribution is 5.89. The number of likely N-dealkylation sites (tertiary alicyclic amines) is 1. The highest BCUT2D eigenvalue weighted by Gasteiger charge is 2.20. The van der Waals surface area contributed by atoms with Crippen molar-refractivity contribution in [1.82, 2.24) is 10.2 Å². The van der Waals surface area contributed by atoms with Gasteiger partial charge in [-0.15, -0.1) is 0 Å². The second-order valence-electron chi connectivity index (χ2n) is 6.24. The number of aliphatic hydroxyl groups is 1. The molecule has 0 atom stereocenters. The van der Waals surface area contributed by atoms with Gasteiger partial charge in [0.15, 0.2) is 0 Å². The van der Waals surface area contributed by atoms with Crippen LogP contribution in [0.1, 0.15) is 32.3 Å². The van der Waals surface area contributed by atoms with E-state index in [4.69, 9.17) is 5.11 Å². The summed E-state index contributed by atoms with van der Waals surface area (Å²) in [5.74, 6) is 0.202. The Kier molecular flexibility index (Phi) is 5.03. The molecule has 3 amide bonds. The van der Waals surface area contributed by atoms with Gasteiger partial charge in [-0.1, -0.05) is 12.1 Å². The number of aliphatic hydroxyl groups excluding tert-OH is 1. The second-order valence-corrected chi connectivity index (χ2v) is 6.24. The quantitative estimate of drug-likeness (QED) is 0.774. The van der Waals surface area contributed by atoms with Crippen molar-refractivity contribution in [2.24, 2.45) is 0 Å². The van der Waals surface area contributed by atoms with Crippen LogP contribution in [0.25, 0.3) is 0 Å². The van der Waals surface area contributed by atoms with Crippen molar-refractivity contribution in [3.8, 4) is 0 Å². The number of rotatable bonds is 5. The molecule has 1 saturated heterocycles. The van der Waals surface area contributed by atoms with E-state index in [2.05, 4.69) is 10.6 Å². The molecular formula is C16H23N3O3. The average molecular weight is 305 g/mol. The SMILES string of the molecule is CC(C)(CO)NC(=O)Nc1ccc(CN2CCCC2=O)cc1. The van der Waals surface area contributed by atoms with Crippen LogP contribution in [0.15, 0.2) is 24.3 Å². The number of benzene rings is 1. The third-order valence-electron chi connectivity index (χ3n) is 3.60. The molecule has 1 heterocycles. The molecule has 6 nitrogen and oxygen atoms in total. The van der Waals surface area contributed by atoms with Crippen molar-refractivity contribution in [1.29, 1.82) is 0 Å². The summed E-state index contributed by atoms with van der Waals surface area (Å²) in [5, 5.41) is 14.5. The Labute approximate surface area is 130 Å². The van der Waals surface area contributed by atoms with Crippen LogP contribution in [0.5, 0.6) is 0 Å². The van der Waals surface area contributed by atoms with Crippen LogP contribution in [-0.2, 0) is 11.3 Å². The van der Waals surface area contributed by atoms with Crippen LogP contribution in [0.2, 0.25) is 0 Å². The topological polar surface area (TPSA) is 81.7 Å². The van der Waals surface area contributed by atoms with Crippen molar-refractivity contribution in [2.45, 2.75) is 38.8 Å². The van der Waals surface area contributed by atoms with Gasteiger partial charge >= 0.3 is 6.03 Å². The van der Waals surface area contributed by atoms with E-state index in [0.717, 1.165) is 18.5 Å². The standard InChI is InChI=1S/C16H23N3O3/c1-16(2,11-20)18-15(22)17-13-7-5-12(6-8-13)10-19-9-3-4-14(19)21/h5-8,20H,3-4,9-11H2,1-2H3,(H2,17,18,22). The monoisotopic (exact) mass is 305 g/mol. The molecule has 2 rings (SSSR count). The number of nitrogens with one attached hydrogen (secondary N) is 2. The second kappa shape index (κ2) is 6.79. The van der Waals surface area contributed by atoms with E-state index >= 15 is 0 Å². The number of amides is 3. The molecule has 0 bridgehead atoms.